The molecule has 2 bridgehead atoms. The van der Waals surface area contributed by atoms with E-state index in [0.29, 0.717) is 33.2 Å². The minimum atomic E-state index is -4.44. The third kappa shape index (κ3) is 4.87. The van der Waals surface area contributed by atoms with Crippen molar-refractivity contribution in [2.24, 2.45) is 11.3 Å². The van der Waals surface area contributed by atoms with E-state index in [1.54, 1.807) is 30.5 Å². The molecule has 1 atom stereocenters. The van der Waals surface area contributed by atoms with Gasteiger partial charge in [0.25, 0.3) is 0 Å². The number of aromatic nitrogens is 2. The van der Waals surface area contributed by atoms with Crippen LogP contribution < -0.4 is 21.6 Å². The summed E-state index contributed by atoms with van der Waals surface area (Å²) in [4.78, 5) is 8.69. The minimum Gasteiger partial charge on any atom is -0.383 e. The van der Waals surface area contributed by atoms with Gasteiger partial charge in [0.2, 0.25) is 0 Å². The smallest absolute Gasteiger partial charge is 0.383 e. The molecule has 4 aliphatic rings. The summed E-state index contributed by atoms with van der Waals surface area (Å²) < 4.78 is 56.0. The topological polar surface area (TPSA) is 77.1 Å². The van der Waals surface area contributed by atoms with E-state index in [2.05, 4.69) is 42.5 Å². The van der Waals surface area contributed by atoms with Crippen LogP contribution in [0.25, 0.3) is 21.8 Å². The Hall–Kier alpha value is -4.27. The Kier molecular flexibility index (Phi) is 6.80. The number of benzene rings is 2. The molecule has 3 saturated carbocycles. The second-order valence-electron chi connectivity index (χ2n) is 12.8. The maximum atomic E-state index is 14.8. The summed E-state index contributed by atoms with van der Waals surface area (Å²) in [6, 6.07) is 9.62. The lowest BCUT2D eigenvalue weighted by atomic mass is 9.49. The molecule has 2 aromatic carbocycles. The number of rotatable bonds is 8. The van der Waals surface area contributed by atoms with E-state index >= 15 is 0 Å². The molecule has 8 rings (SSSR count). The standard InChI is InChI=1S/C33H30ClF4N7/c1-4-19-15-40-28-23(27(19)41-17-31(2,3)33(36,37)38)10-20(11-24(28)34)42-30(22-7-8-25(35)29-21(22)6-5-9-39-29)26-16-45(44-43-26)32-12-18(13-32)14-32/h1,5-11,15-16,18,30,42-44H,12-14,17H2,2-3H3,(H,40,41)/t18?,30-,32?/m0/s1. The molecule has 232 valence electrons. The quantitative estimate of drug-likeness (QED) is 0.119. The summed E-state index contributed by atoms with van der Waals surface area (Å²) in [6.07, 6.45) is 9.68. The Morgan fingerprint density at radius 2 is 1.91 bits per heavy atom. The molecule has 0 amide bonds. The van der Waals surface area contributed by atoms with Gasteiger partial charge in [0.1, 0.15) is 11.3 Å². The fraction of sp³-hybridized carbons (Fsp3) is 0.333. The number of pyridine rings is 2. The lowest BCUT2D eigenvalue weighted by molar-refractivity contribution is -0.206. The first-order valence-electron chi connectivity index (χ1n) is 14.6. The summed E-state index contributed by atoms with van der Waals surface area (Å²) in [5, 5.41) is 9.97. The molecule has 0 spiro atoms. The fourth-order valence-electron chi connectivity index (χ4n) is 6.41. The van der Waals surface area contributed by atoms with Gasteiger partial charge < -0.3 is 16.1 Å². The highest BCUT2D eigenvalue weighted by Gasteiger charge is 2.60. The van der Waals surface area contributed by atoms with Crippen molar-refractivity contribution in [1.82, 2.24) is 25.9 Å². The van der Waals surface area contributed by atoms with Crippen LogP contribution in [-0.2, 0) is 0 Å². The third-order valence-corrected chi connectivity index (χ3v) is 9.64. The molecule has 7 nitrogen and oxygen atoms in total. The maximum Gasteiger partial charge on any atom is 0.395 e. The van der Waals surface area contributed by atoms with E-state index in [1.165, 1.54) is 12.3 Å². The van der Waals surface area contributed by atoms with E-state index < -0.39 is 30.0 Å². The van der Waals surface area contributed by atoms with E-state index in [-0.39, 0.29) is 16.1 Å². The van der Waals surface area contributed by atoms with Crippen LogP contribution in [0.2, 0.25) is 5.02 Å². The van der Waals surface area contributed by atoms with Crippen molar-refractivity contribution in [3.05, 3.63) is 82.7 Å². The predicted molar refractivity (Wildman–Crippen MR) is 167 cm³/mol. The van der Waals surface area contributed by atoms with Crippen LogP contribution in [0, 0.1) is 29.5 Å². The average Bonchev–Trinajstić information content (AvgIpc) is 3.42. The highest BCUT2D eigenvalue weighted by molar-refractivity contribution is 6.35. The average molecular weight is 636 g/mol. The van der Waals surface area contributed by atoms with Gasteiger partial charge in [0.15, 0.2) is 0 Å². The summed E-state index contributed by atoms with van der Waals surface area (Å²) in [7, 11) is 0. The van der Waals surface area contributed by atoms with Gasteiger partial charge in [0.05, 0.1) is 44.5 Å². The Morgan fingerprint density at radius 3 is 2.60 bits per heavy atom. The van der Waals surface area contributed by atoms with Crippen molar-refractivity contribution in [2.75, 3.05) is 17.2 Å². The van der Waals surface area contributed by atoms with Gasteiger partial charge in [-0.2, -0.15) is 13.2 Å². The van der Waals surface area contributed by atoms with Gasteiger partial charge in [-0.1, -0.05) is 29.7 Å². The van der Waals surface area contributed by atoms with Crippen molar-refractivity contribution in [2.45, 2.75) is 50.9 Å². The zero-order chi connectivity index (χ0) is 31.7. The summed E-state index contributed by atoms with van der Waals surface area (Å²) >= 11 is 6.74. The number of terminal acetylenes is 1. The molecule has 4 aromatic rings. The molecule has 2 aromatic heterocycles. The largest absolute Gasteiger partial charge is 0.395 e. The minimum absolute atomic E-state index is 0.0880. The normalized spacial score (nSPS) is 21.4. The molecule has 0 saturated heterocycles. The molecule has 0 radical (unpaired) electrons. The first-order valence-corrected chi connectivity index (χ1v) is 15.0. The van der Waals surface area contributed by atoms with Gasteiger partial charge in [-0.15, -0.1) is 12.0 Å². The van der Waals surface area contributed by atoms with Crippen molar-refractivity contribution >= 4 is 44.8 Å². The molecular formula is C33H30ClF4N7. The maximum absolute atomic E-state index is 14.8. The van der Waals surface area contributed by atoms with Crippen LogP contribution in [0.15, 0.2) is 60.7 Å². The molecule has 3 fully saturated rings. The lowest BCUT2D eigenvalue weighted by Gasteiger charge is -2.64. The number of hydrogen-bond donors (Lipinski definition) is 4. The number of fused-ring (bicyclic) bond motifs is 2. The van der Waals surface area contributed by atoms with E-state index in [9.17, 15) is 17.6 Å². The number of hydrazine groups is 2. The Balaban J connectivity index is 1.32. The number of halogens is 5. The van der Waals surface area contributed by atoms with Crippen LogP contribution in [0.4, 0.5) is 28.9 Å². The Labute approximate surface area is 262 Å². The van der Waals surface area contributed by atoms with E-state index in [1.807, 2.05) is 12.3 Å². The zero-order valence-electron chi connectivity index (χ0n) is 24.5. The number of alkyl halides is 3. The second-order valence-corrected chi connectivity index (χ2v) is 13.2. The molecule has 3 aliphatic carbocycles. The molecule has 4 N–H and O–H groups in total. The highest BCUT2D eigenvalue weighted by atomic mass is 35.5. The van der Waals surface area contributed by atoms with Crippen LogP contribution >= 0.6 is 11.6 Å². The van der Waals surface area contributed by atoms with Gasteiger partial charge in [-0.3, -0.25) is 15.0 Å². The van der Waals surface area contributed by atoms with Crippen LogP contribution in [-0.4, -0.2) is 33.2 Å². The Bertz CT molecular complexity index is 1900. The fourth-order valence-corrected chi connectivity index (χ4v) is 6.68. The van der Waals surface area contributed by atoms with Gasteiger partial charge in [-0.25, -0.2) is 4.39 Å². The summed E-state index contributed by atoms with van der Waals surface area (Å²) in [5.74, 6) is 2.87. The molecule has 45 heavy (non-hydrogen) atoms. The van der Waals surface area contributed by atoms with Gasteiger partial charge in [-0.05, 0) is 68.9 Å². The Morgan fingerprint density at radius 1 is 1.13 bits per heavy atom. The SMILES string of the molecule is C#Cc1cnc2c(Cl)cc(N[C@H](C3=CN(C45CC(C4)C5)NN3)c3ccc(F)c4ncccc34)cc2c1NCC(C)(C)C(F)(F)F. The van der Waals surface area contributed by atoms with E-state index in [0.717, 1.165) is 50.3 Å². The summed E-state index contributed by atoms with van der Waals surface area (Å²) in [5.41, 5.74) is 8.01. The molecular weight excluding hydrogens is 606 g/mol. The number of nitrogens with one attached hydrogen (secondary N) is 4. The van der Waals surface area contributed by atoms with Gasteiger partial charge in [0, 0.05) is 41.6 Å². The first-order chi connectivity index (χ1) is 21.4. The third-order valence-electron chi connectivity index (χ3n) is 9.35. The highest BCUT2D eigenvalue weighted by Crippen LogP contribution is 2.60. The van der Waals surface area contributed by atoms with Crippen LogP contribution in [0.1, 0.15) is 50.3 Å². The van der Waals surface area contributed by atoms with E-state index in [4.69, 9.17) is 18.0 Å². The zero-order valence-corrected chi connectivity index (χ0v) is 25.2. The van der Waals surface area contributed by atoms with Crippen molar-refractivity contribution in [3.8, 4) is 12.3 Å². The van der Waals surface area contributed by atoms with Crippen molar-refractivity contribution in [1.29, 1.82) is 0 Å². The van der Waals surface area contributed by atoms with Gasteiger partial charge >= 0.3 is 6.18 Å². The lowest BCUT2D eigenvalue weighted by Crippen LogP contribution is -2.69. The number of hydrogen-bond acceptors (Lipinski definition) is 7. The van der Waals surface area contributed by atoms with Crippen molar-refractivity contribution in [3.63, 3.8) is 0 Å². The van der Waals surface area contributed by atoms with Crippen LogP contribution in [0.5, 0.6) is 0 Å². The first kappa shape index (κ1) is 29.4. The number of nitrogens with zero attached hydrogens (tertiary/aromatic N) is 3. The number of anilines is 2. The van der Waals surface area contributed by atoms with Crippen molar-refractivity contribution < 1.29 is 17.6 Å². The predicted octanol–water partition coefficient (Wildman–Crippen LogP) is 7.43. The molecule has 0 unspecified atom stereocenters. The molecule has 1 aliphatic heterocycles. The second kappa shape index (κ2) is 10.4. The molecule has 12 heteroatoms. The summed E-state index contributed by atoms with van der Waals surface area (Å²) in [6.45, 7) is 1.83. The molecule has 3 heterocycles. The van der Waals surface area contributed by atoms with Crippen LogP contribution in [0.3, 0.4) is 0 Å². The monoisotopic (exact) mass is 635 g/mol.